The van der Waals surface area contributed by atoms with Crippen LogP contribution in [-0.4, -0.2) is 65.6 Å². The predicted molar refractivity (Wildman–Crippen MR) is 99.4 cm³/mol. The Balaban J connectivity index is 0.000000298. The maximum atomic E-state index is 10.6. The highest BCUT2D eigenvalue weighted by molar-refractivity contribution is 5.78. The molecular weight excluding hydrogens is 389 g/mol. The summed E-state index contributed by atoms with van der Waals surface area (Å²) in [6.45, 7) is 2.61. The topological polar surface area (TPSA) is 71.9 Å². The van der Waals surface area contributed by atoms with Gasteiger partial charge in [-0.25, -0.2) is 4.79 Å². The number of ether oxygens (including phenoxy) is 2. The van der Waals surface area contributed by atoms with Gasteiger partial charge in [-0.3, -0.25) is 9.88 Å². The molecule has 0 spiro atoms. The molecule has 1 aliphatic heterocycles. The molecule has 1 saturated carbocycles. The van der Waals surface area contributed by atoms with Gasteiger partial charge in [0.05, 0.1) is 30.0 Å². The lowest BCUT2D eigenvalue weighted by Gasteiger charge is -2.30. The number of rotatable bonds is 3. The number of pyridine rings is 1. The monoisotopic (exact) mass is 412 g/mol. The first-order valence-electron chi connectivity index (χ1n) is 9.33. The van der Waals surface area contributed by atoms with E-state index >= 15 is 0 Å². The molecule has 1 aromatic heterocycles. The zero-order valence-corrected chi connectivity index (χ0v) is 15.9. The average molecular weight is 412 g/mol. The molecule has 3 atom stereocenters. The third kappa shape index (κ3) is 5.23. The van der Waals surface area contributed by atoms with Crippen LogP contribution in [-0.2, 0) is 20.8 Å². The molecule has 1 N–H and O–H groups in total. The van der Waals surface area contributed by atoms with Crippen LogP contribution in [0.1, 0.15) is 18.5 Å². The van der Waals surface area contributed by atoms with Crippen molar-refractivity contribution < 1.29 is 32.5 Å². The second kappa shape index (κ2) is 9.06. The van der Waals surface area contributed by atoms with E-state index in [0.29, 0.717) is 6.04 Å². The van der Waals surface area contributed by atoms with Crippen molar-refractivity contribution in [1.29, 1.82) is 0 Å². The second-order valence-corrected chi connectivity index (χ2v) is 7.02. The Hall–Kier alpha value is -2.23. The normalized spacial score (nSPS) is 24.6. The summed E-state index contributed by atoms with van der Waals surface area (Å²) in [5.74, 6) is -2.76. The lowest BCUT2D eigenvalue weighted by Crippen LogP contribution is -2.42. The Labute approximate surface area is 166 Å². The first-order chi connectivity index (χ1) is 13.8. The van der Waals surface area contributed by atoms with Crippen LogP contribution in [0.5, 0.6) is 0 Å². The molecule has 6 nitrogen and oxygen atoms in total. The number of carboxylic acid groups (broad SMARTS) is 1. The zero-order valence-electron chi connectivity index (χ0n) is 15.9. The van der Waals surface area contributed by atoms with E-state index in [9.17, 15) is 13.2 Å². The molecule has 2 fully saturated rings. The fourth-order valence-electron chi connectivity index (χ4n) is 3.88. The van der Waals surface area contributed by atoms with Gasteiger partial charge in [-0.05, 0) is 25.0 Å². The van der Waals surface area contributed by atoms with Crippen molar-refractivity contribution in [2.24, 2.45) is 0 Å². The Morgan fingerprint density at radius 3 is 2.69 bits per heavy atom. The van der Waals surface area contributed by atoms with Crippen molar-refractivity contribution in [2.45, 2.75) is 43.8 Å². The highest BCUT2D eigenvalue weighted by Crippen LogP contribution is 2.32. The zero-order chi connectivity index (χ0) is 21.0. The molecule has 1 saturated heterocycles. The summed E-state index contributed by atoms with van der Waals surface area (Å²) in [6, 6.07) is 13.0. The van der Waals surface area contributed by atoms with Crippen LogP contribution in [0.25, 0.3) is 10.9 Å². The van der Waals surface area contributed by atoms with Crippen LogP contribution in [0.15, 0.2) is 36.4 Å². The Kier molecular flexibility index (Phi) is 6.71. The number of aliphatic carboxylic acids is 1. The standard InChI is InChI=1S/C18H22N2O2.C2HF3O2/c1-21-18-16-8-9-17(18)22-11-10-20(16)12-14-7-6-13-4-2-3-5-15(13)19-14;3-2(4,5)1(6)7/h2-7,16-18H,8-12H2,1H3;(H,6,7). The molecule has 4 rings (SSSR count). The van der Waals surface area contributed by atoms with Gasteiger partial charge in [0.25, 0.3) is 0 Å². The molecule has 2 heterocycles. The van der Waals surface area contributed by atoms with Gasteiger partial charge in [0.1, 0.15) is 0 Å². The van der Waals surface area contributed by atoms with Gasteiger partial charge in [-0.15, -0.1) is 0 Å². The van der Waals surface area contributed by atoms with E-state index in [1.807, 2.05) is 6.07 Å². The Morgan fingerprint density at radius 2 is 2.00 bits per heavy atom. The van der Waals surface area contributed by atoms with Gasteiger partial charge >= 0.3 is 12.1 Å². The summed E-state index contributed by atoms with van der Waals surface area (Å²) < 4.78 is 43.4. The summed E-state index contributed by atoms with van der Waals surface area (Å²) in [6.07, 6.45) is -2.37. The van der Waals surface area contributed by atoms with Crippen LogP contribution < -0.4 is 0 Å². The molecular formula is C20H23F3N2O4. The van der Waals surface area contributed by atoms with Crippen molar-refractivity contribution in [1.82, 2.24) is 9.88 Å². The van der Waals surface area contributed by atoms with Gasteiger partial charge in [0.2, 0.25) is 0 Å². The highest BCUT2D eigenvalue weighted by Gasteiger charge is 2.42. The van der Waals surface area contributed by atoms with Crippen LogP contribution in [0.2, 0.25) is 0 Å². The third-order valence-corrected chi connectivity index (χ3v) is 5.21. The van der Waals surface area contributed by atoms with E-state index in [-0.39, 0.29) is 12.2 Å². The molecule has 3 unspecified atom stereocenters. The molecule has 2 bridgehead atoms. The van der Waals surface area contributed by atoms with E-state index in [1.54, 1.807) is 7.11 Å². The van der Waals surface area contributed by atoms with Crippen LogP contribution in [0.4, 0.5) is 13.2 Å². The van der Waals surface area contributed by atoms with Crippen molar-refractivity contribution in [3.8, 4) is 0 Å². The lowest BCUT2D eigenvalue weighted by molar-refractivity contribution is -0.192. The van der Waals surface area contributed by atoms with Crippen molar-refractivity contribution >= 4 is 16.9 Å². The van der Waals surface area contributed by atoms with E-state index in [1.165, 1.54) is 5.39 Å². The van der Waals surface area contributed by atoms with E-state index in [0.717, 1.165) is 43.7 Å². The van der Waals surface area contributed by atoms with Crippen LogP contribution in [0.3, 0.4) is 0 Å². The van der Waals surface area contributed by atoms with E-state index < -0.39 is 12.1 Å². The maximum absolute atomic E-state index is 10.6. The number of aromatic nitrogens is 1. The first kappa shape index (κ1) is 21.5. The van der Waals surface area contributed by atoms with Crippen LogP contribution >= 0.6 is 0 Å². The number of hydrogen-bond donors (Lipinski definition) is 1. The number of nitrogens with zero attached hydrogens (tertiary/aromatic N) is 2. The largest absolute Gasteiger partial charge is 0.490 e. The second-order valence-electron chi connectivity index (χ2n) is 7.02. The smallest absolute Gasteiger partial charge is 0.475 e. The number of hydrogen-bond acceptors (Lipinski definition) is 5. The molecule has 0 radical (unpaired) electrons. The molecule has 158 valence electrons. The molecule has 29 heavy (non-hydrogen) atoms. The van der Waals surface area contributed by atoms with Gasteiger partial charge < -0.3 is 14.6 Å². The summed E-state index contributed by atoms with van der Waals surface area (Å²) >= 11 is 0. The lowest BCUT2D eigenvalue weighted by atomic mass is 10.1. The van der Waals surface area contributed by atoms with Gasteiger partial charge in [-0.2, -0.15) is 13.2 Å². The van der Waals surface area contributed by atoms with E-state index in [4.69, 9.17) is 24.4 Å². The SMILES string of the molecule is COC1C2CCC1N(Cc1ccc3ccccc3n1)CCO2.O=C(O)C(F)(F)F. The summed E-state index contributed by atoms with van der Waals surface area (Å²) in [4.78, 5) is 16.2. The van der Waals surface area contributed by atoms with Gasteiger partial charge in [0.15, 0.2) is 0 Å². The molecule has 1 aromatic carbocycles. The molecule has 2 aliphatic rings. The third-order valence-electron chi connectivity index (χ3n) is 5.21. The minimum absolute atomic E-state index is 0.197. The van der Waals surface area contributed by atoms with Gasteiger partial charge in [-0.1, -0.05) is 24.3 Å². The van der Waals surface area contributed by atoms with Crippen molar-refractivity contribution in [3.05, 3.63) is 42.1 Å². The molecule has 0 amide bonds. The number of halogens is 3. The highest BCUT2D eigenvalue weighted by atomic mass is 19.4. The minimum Gasteiger partial charge on any atom is -0.475 e. The number of fused-ring (bicyclic) bond motifs is 3. The summed E-state index contributed by atoms with van der Waals surface area (Å²) in [5.41, 5.74) is 2.19. The maximum Gasteiger partial charge on any atom is 0.490 e. The van der Waals surface area contributed by atoms with E-state index in [2.05, 4.69) is 35.2 Å². The number of para-hydroxylation sites is 1. The van der Waals surface area contributed by atoms with Crippen LogP contribution in [0, 0.1) is 0 Å². The number of benzene rings is 1. The fraction of sp³-hybridized carbons (Fsp3) is 0.500. The van der Waals surface area contributed by atoms with Crippen molar-refractivity contribution in [3.63, 3.8) is 0 Å². The minimum atomic E-state index is -5.08. The molecule has 1 aliphatic carbocycles. The summed E-state index contributed by atoms with van der Waals surface area (Å²) in [7, 11) is 1.80. The summed E-state index contributed by atoms with van der Waals surface area (Å²) in [5, 5.41) is 8.32. The quantitative estimate of drug-likeness (QED) is 0.835. The van der Waals surface area contributed by atoms with Gasteiger partial charge in [0, 0.05) is 31.6 Å². The Morgan fingerprint density at radius 1 is 1.28 bits per heavy atom. The molecule has 9 heteroatoms. The predicted octanol–water partition coefficient (Wildman–Crippen LogP) is 3.25. The average Bonchev–Trinajstić information content (AvgIpc) is 3.00. The number of carbonyl (C=O) groups is 1. The first-order valence-corrected chi connectivity index (χ1v) is 9.33. The Bertz CT molecular complexity index is 846. The number of alkyl halides is 3. The fourth-order valence-corrected chi connectivity index (χ4v) is 3.88. The number of methoxy groups -OCH3 is 1. The molecule has 2 aromatic rings. The number of carboxylic acids is 1. The van der Waals surface area contributed by atoms with Crippen molar-refractivity contribution in [2.75, 3.05) is 20.3 Å².